The van der Waals surface area contributed by atoms with E-state index in [1.165, 1.54) is 52.0 Å². The zero-order valence-electron chi connectivity index (χ0n) is 17.6. The fourth-order valence-electron chi connectivity index (χ4n) is 3.70. The van der Waals surface area contributed by atoms with Gasteiger partial charge in [-0.15, -0.1) is 0 Å². The topological polar surface area (TPSA) is 114 Å². The van der Waals surface area contributed by atoms with Gasteiger partial charge in [-0.2, -0.15) is 4.31 Å². The third-order valence-corrected chi connectivity index (χ3v) is 9.55. The van der Waals surface area contributed by atoms with Gasteiger partial charge in [0.25, 0.3) is 5.91 Å². The van der Waals surface area contributed by atoms with Crippen molar-refractivity contribution in [2.24, 2.45) is 0 Å². The summed E-state index contributed by atoms with van der Waals surface area (Å²) >= 11 is 1.17. The van der Waals surface area contributed by atoms with Crippen molar-refractivity contribution in [3.8, 4) is 0 Å². The molecule has 4 rings (SSSR count). The second-order valence-electron chi connectivity index (χ2n) is 7.86. The van der Waals surface area contributed by atoms with E-state index in [1.807, 2.05) is 6.92 Å². The summed E-state index contributed by atoms with van der Waals surface area (Å²) in [6.07, 6.45) is 3.84. The van der Waals surface area contributed by atoms with Gasteiger partial charge in [-0.3, -0.25) is 10.1 Å². The van der Waals surface area contributed by atoms with E-state index in [4.69, 9.17) is 0 Å². The summed E-state index contributed by atoms with van der Waals surface area (Å²) in [5.74, 6) is -0.428. The van der Waals surface area contributed by atoms with E-state index in [1.54, 1.807) is 6.07 Å². The lowest BCUT2D eigenvalue weighted by atomic mass is 10.1. The first-order valence-electron chi connectivity index (χ1n) is 10.1. The van der Waals surface area contributed by atoms with E-state index in [0.29, 0.717) is 27.5 Å². The number of aromatic nitrogens is 1. The third-order valence-electron chi connectivity index (χ3n) is 5.47. The van der Waals surface area contributed by atoms with Crippen molar-refractivity contribution in [3.63, 3.8) is 0 Å². The van der Waals surface area contributed by atoms with Crippen LogP contribution in [0.4, 0.5) is 5.13 Å². The van der Waals surface area contributed by atoms with Crippen LogP contribution in [-0.2, 0) is 19.9 Å². The summed E-state index contributed by atoms with van der Waals surface area (Å²) in [4.78, 5) is 17.3. The van der Waals surface area contributed by atoms with Crippen LogP contribution >= 0.6 is 11.3 Å². The van der Waals surface area contributed by atoms with Gasteiger partial charge >= 0.3 is 0 Å². The Hall–Kier alpha value is -2.34. The number of carbonyl (C=O) groups is 1. The molecule has 8 nitrogen and oxygen atoms in total. The number of rotatable bonds is 5. The molecule has 170 valence electrons. The van der Waals surface area contributed by atoms with E-state index in [2.05, 4.69) is 10.3 Å². The van der Waals surface area contributed by atoms with Crippen molar-refractivity contribution in [1.29, 1.82) is 0 Å². The first-order chi connectivity index (χ1) is 15.1. The number of hydrogen-bond donors (Lipinski definition) is 1. The molecule has 11 heteroatoms. The molecule has 1 fully saturated rings. The predicted octanol–water partition coefficient (Wildman–Crippen LogP) is 3.52. The molecule has 1 aliphatic heterocycles. The predicted molar refractivity (Wildman–Crippen MR) is 124 cm³/mol. The van der Waals surface area contributed by atoms with Gasteiger partial charge in [0.05, 0.1) is 20.0 Å². The molecule has 0 saturated carbocycles. The molecule has 0 bridgehead atoms. The minimum atomic E-state index is -3.60. The molecule has 1 aromatic heterocycles. The van der Waals surface area contributed by atoms with Crippen molar-refractivity contribution in [2.45, 2.75) is 42.0 Å². The molecular weight excluding hydrogens is 470 g/mol. The molecule has 0 aliphatic carbocycles. The lowest BCUT2D eigenvalue weighted by Crippen LogP contribution is -2.41. The zero-order valence-corrected chi connectivity index (χ0v) is 20.1. The van der Waals surface area contributed by atoms with Gasteiger partial charge in [-0.05, 0) is 62.2 Å². The molecule has 0 unspecified atom stereocenters. The maximum atomic E-state index is 12.9. The lowest BCUT2D eigenvalue weighted by molar-refractivity contribution is 0.102. The number of carbonyl (C=O) groups excluding carboxylic acids is 1. The largest absolute Gasteiger partial charge is 0.298 e. The number of sulfone groups is 1. The Bertz CT molecular complexity index is 1380. The Labute approximate surface area is 191 Å². The maximum Gasteiger partial charge on any atom is 0.257 e. The van der Waals surface area contributed by atoms with Crippen molar-refractivity contribution in [3.05, 3.63) is 48.0 Å². The zero-order chi connectivity index (χ0) is 23.1. The summed E-state index contributed by atoms with van der Waals surface area (Å²) in [7, 11) is -6.94. The number of sulfonamides is 1. The highest BCUT2D eigenvalue weighted by Gasteiger charge is 2.31. The second-order valence-corrected chi connectivity index (χ2v) is 12.8. The summed E-state index contributed by atoms with van der Waals surface area (Å²) in [5.41, 5.74) is 0.876. The Balaban J connectivity index is 1.52. The highest BCUT2D eigenvalue weighted by molar-refractivity contribution is 7.90. The summed E-state index contributed by atoms with van der Waals surface area (Å²) in [6.45, 7) is 2.42. The van der Waals surface area contributed by atoms with Crippen molar-refractivity contribution in [1.82, 2.24) is 9.29 Å². The minimum absolute atomic E-state index is 0.0426. The summed E-state index contributed by atoms with van der Waals surface area (Å²) in [6, 6.07) is 10.4. The smallest absolute Gasteiger partial charge is 0.257 e. The minimum Gasteiger partial charge on any atom is -0.298 e. The molecule has 2 aromatic carbocycles. The Morgan fingerprint density at radius 1 is 1.06 bits per heavy atom. The van der Waals surface area contributed by atoms with Crippen LogP contribution in [0.5, 0.6) is 0 Å². The number of hydrogen-bond acceptors (Lipinski definition) is 7. The average Bonchev–Trinajstić information content (AvgIpc) is 3.15. The van der Waals surface area contributed by atoms with Gasteiger partial charge in [0, 0.05) is 24.4 Å². The molecule has 32 heavy (non-hydrogen) atoms. The molecule has 1 saturated heterocycles. The molecule has 3 aromatic rings. The number of nitrogens with one attached hydrogen (secondary N) is 1. The summed E-state index contributed by atoms with van der Waals surface area (Å²) in [5, 5.41) is 3.02. The Kier molecular flexibility index (Phi) is 6.10. The molecule has 1 N–H and O–H groups in total. The van der Waals surface area contributed by atoms with Crippen LogP contribution in [0.1, 0.15) is 36.5 Å². The molecule has 1 atom stereocenters. The fourth-order valence-corrected chi connectivity index (χ4v) is 7.02. The standard InChI is InChI=1S/C21H23N3O5S3/c1-14-5-3-4-12-24(14)32(28,29)16-8-6-15(7-9-16)20(25)23-21-22-18-11-10-17(31(2,26)27)13-19(18)30-21/h6-11,13-14H,3-5,12H2,1-2H3,(H,22,23,25)/t14-/m1/s1. The van der Waals surface area contributed by atoms with E-state index in [9.17, 15) is 21.6 Å². The normalized spacial score (nSPS) is 18.0. The Morgan fingerprint density at radius 2 is 1.75 bits per heavy atom. The van der Waals surface area contributed by atoms with Crippen LogP contribution in [0, 0.1) is 0 Å². The average molecular weight is 494 g/mol. The molecule has 0 radical (unpaired) electrons. The number of nitrogens with zero attached hydrogens (tertiary/aromatic N) is 2. The Morgan fingerprint density at radius 3 is 2.41 bits per heavy atom. The fraction of sp³-hybridized carbons (Fsp3) is 0.333. The van der Waals surface area contributed by atoms with Gasteiger partial charge in [0.15, 0.2) is 15.0 Å². The number of amides is 1. The van der Waals surface area contributed by atoms with Crippen LogP contribution in [-0.4, -0.2) is 50.9 Å². The van der Waals surface area contributed by atoms with Crippen molar-refractivity contribution in [2.75, 3.05) is 18.1 Å². The first kappa shape index (κ1) is 22.8. The molecule has 0 spiro atoms. The van der Waals surface area contributed by atoms with E-state index >= 15 is 0 Å². The second kappa shape index (κ2) is 8.54. The number of anilines is 1. The molecule has 2 heterocycles. The first-order valence-corrected chi connectivity index (χ1v) is 14.2. The quantitative estimate of drug-likeness (QED) is 0.582. The van der Waals surface area contributed by atoms with Crippen molar-refractivity contribution < 1.29 is 21.6 Å². The van der Waals surface area contributed by atoms with Crippen LogP contribution < -0.4 is 5.32 Å². The molecular formula is C21H23N3O5S3. The van der Waals surface area contributed by atoms with E-state index in [0.717, 1.165) is 25.5 Å². The van der Waals surface area contributed by atoms with Gasteiger partial charge in [0.1, 0.15) is 0 Å². The van der Waals surface area contributed by atoms with Crippen LogP contribution in [0.25, 0.3) is 10.2 Å². The lowest BCUT2D eigenvalue weighted by Gasteiger charge is -2.32. The highest BCUT2D eigenvalue weighted by Crippen LogP contribution is 2.29. The number of thiazole rings is 1. The monoisotopic (exact) mass is 493 g/mol. The molecule has 1 amide bonds. The van der Waals surface area contributed by atoms with Crippen LogP contribution in [0.2, 0.25) is 0 Å². The van der Waals surface area contributed by atoms with E-state index < -0.39 is 25.8 Å². The number of piperidine rings is 1. The van der Waals surface area contributed by atoms with Crippen LogP contribution in [0.15, 0.2) is 52.3 Å². The van der Waals surface area contributed by atoms with Gasteiger partial charge in [0.2, 0.25) is 10.0 Å². The van der Waals surface area contributed by atoms with Gasteiger partial charge in [-0.25, -0.2) is 21.8 Å². The maximum absolute atomic E-state index is 12.9. The van der Waals surface area contributed by atoms with Crippen LogP contribution in [0.3, 0.4) is 0 Å². The van der Waals surface area contributed by atoms with Crippen molar-refractivity contribution >= 4 is 52.5 Å². The highest BCUT2D eigenvalue weighted by atomic mass is 32.2. The van der Waals surface area contributed by atoms with E-state index in [-0.39, 0.29) is 15.8 Å². The summed E-state index contributed by atoms with van der Waals surface area (Å²) < 4.78 is 51.5. The number of fused-ring (bicyclic) bond motifs is 1. The third kappa shape index (κ3) is 4.56. The van der Waals surface area contributed by atoms with Gasteiger partial charge in [-0.1, -0.05) is 17.8 Å². The van der Waals surface area contributed by atoms with Gasteiger partial charge < -0.3 is 0 Å². The SMILES string of the molecule is C[C@@H]1CCCCN1S(=O)(=O)c1ccc(C(=O)Nc2nc3ccc(S(C)(=O)=O)cc3s2)cc1. The number of benzene rings is 2. The molecule has 1 aliphatic rings.